The molecule has 0 aliphatic carbocycles. The Kier molecular flexibility index (Phi) is 3.37. The molecule has 90 valence electrons. The molecule has 0 radical (unpaired) electrons. The molecule has 1 aromatic carbocycles. The molecule has 0 fully saturated rings. The Bertz CT molecular complexity index is 390. The molecule has 0 unspecified atom stereocenters. The second-order valence-electron chi connectivity index (χ2n) is 3.03. The van der Waals surface area contributed by atoms with E-state index in [1.54, 1.807) is 0 Å². The number of ether oxygens (including phenoxy) is 1. The summed E-state index contributed by atoms with van der Waals surface area (Å²) in [5.74, 6) is -2.84. The van der Waals surface area contributed by atoms with Crippen molar-refractivity contribution >= 4 is 0 Å². The van der Waals surface area contributed by atoms with E-state index in [0.717, 1.165) is 7.11 Å². The first kappa shape index (κ1) is 12.7. The van der Waals surface area contributed by atoms with Gasteiger partial charge in [-0.05, 0) is 6.07 Å². The van der Waals surface area contributed by atoms with Crippen molar-refractivity contribution in [3.63, 3.8) is 0 Å². The molecule has 1 atom stereocenters. The minimum atomic E-state index is -4.83. The maximum absolute atomic E-state index is 13.2. The zero-order chi connectivity index (χ0) is 12.5. The number of nitrogens with two attached hydrogens (primary N) is 1. The lowest BCUT2D eigenvalue weighted by Gasteiger charge is -2.17. The normalized spacial score (nSPS) is 13.7. The van der Waals surface area contributed by atoms with Gasteiger partial charge < -0.3 is 10.5 Å². The van der Waals surface area contributed by atoms with Crippen LogP contribution in [0.1, 0.15) is 11.6 Å². The van der Waals surface area contributed by atoms with Gasteiger partial charge in [0.05, 0.1) is 7.11 Å². The van der Waals surface area contributed by atoms with Gasteiger partial charge in [-0.25, -0.2) is 8.78 Å². The Hall–Kier alpha value is -1.37. The summed E-state index contributed by atoms with van der Waals surface area (Å²) >= 11 is 0. The van der Waals surface area contributed by atoms with Gasteiger partial charge in [0.2, 0.25) is 0 Å². The summed E-state index contributed by atoms with van der Waals surface area (Å²) in [4.78, 5) is 0. The average molecular weight is 241 g/mol. The minimum Gasteiger partial charge on any atom is -0.494 e. The zero-order valence-electron chi connectivity index (χ0n) is 8.11. The SMILES string of the molecule is COc1cc(F)c([C@H](N)C(F)(F)F)cc1F. The predicted octanol–water partition coefficient (Wildman–Crippen LogP) is 2.54. The van der Waals surface area contributed by atoms with Gasteiger partial charge in [-0.3, -0.25) is 0 Å². The molecule has 0 saturated heterocycles. The summed E-state index contributed by atoms with van der Waals surface area (Å²) in [5.41, 5.74) is 3.81. The second-order valence-corrected chi connectivity index (χ2v) is 3.03. The monoisotopic (exact) mass is 241 g/mol. The Morgan fingerprint density at radius 2 is 1.75 bits per heavy atom. The van der Waals surface area contributed by atoms with Crippen LogP contribution in [-0.4, -0.2) is 13.3 Å². The fraction of sp³-hybridized carbons (Fsp3) is 0.333. The first-order valence-corrected chi connectivity index (χ1v) is 4.12. The Balaban J connectivity index is 3.21. The quantitative estimate of drug-likeness (QED) is 0.807. The molecule has 0 amide bonds. The van der Waals surface area contributed by atoms with Crippen LogP contribution in [0.25, 0.3) is 0 Å². The average Bonchev–Trinajstić information content (AvgIpc) is 2.18. The molecule has 0 bridgehead atoms. The van der Waals surface area contributed by atoms with Gasteiger partial charge in [0.25, 0.3) is 0 Å². The highest BCUT2D eigenvalue weighted by Gasteiger charge is 2.39. The molecule has 16 heavy (non-hydrogen) atoms. The number of hydrogen-bond donors (Lipinski definition) is 1. The molecular formula is C9H8F5NO. The van der Waals surface area contributed by atoms with E-state index in [1.165, 1.54) is 0 Å². The van der Waals surface area contributed by atoms with Gasteiger partial charge in [-0.1, -0.05) is 0 Å². The standard InChI is InChI=1S/C9H8F5NO/c1-16-7-3-5(10)4(2-6(7)11)8(15)9(12,13)14/h2-3,8H,15H2,1H3/t8-/m0/s1. The Morgan fingerprint density at radius 1 is 1.19 bits per heavy atom. The summed E-state index contributed by atoms with van der Waals surface area (Å²) in [6.07, 6.45) is -4.83. The number of benzene rings is 1. The predicted molar refractivity (Wildman–Crippen MR) is 45.9 cm³/mol. The van der Waals surface area contributed by atoms with Crippen LogP contribution >= 0.6 is 0 Å². The van der Waals surface area contributed by atoms with Gasteiger partial charge in [0.15, 0.2) is 11.6 Å². The maximum Gasteiger partial charge on any atom is 0.407 e. The molecule has 1 rings (SSSR count). The van der Waals surface area contributed by atoms with Crippen LogP contribution in [0, 0.1) is 11.6 Å². The van der Waals surface area contributed by atoms with Crippen molar-refractivity contribution < 1.29 is 26.7 Å². The number of alkyl halides is 3. The van der Waals surface area contributed by atoms with Crippen LogP contribution in [0.4, 0.5) is 22.0 Å². The molecule has 0 aliphatic heterocycles. The zero-order valence-corrected chi connectivity index (χ0v) is 8.11. The van der Waals surface area contributed by atoms with Crippen molar-refractivity contribution in [1.82, 2.24) is 0 Å². The fourth-order valence-corrected chi connectivity index (χ4v) is 1.12. The third kappa shape index (κ3) is 2.41. The minimum absolute atomic E-state index is 0.381. The van der Waals surface area contributed by atoms with Crippen molar-refractivity contribution in [3.05, 3.63) is 29.3 Å². The van der Waals surface area contributed by atoms with Crippen molar-refractivity contribution in [2.24, 2.45) is 5.73 Å². The number of methoxy groups -OCH3 is 1. The van der Waals surface area contributed by atoms with Crippen molar-refractivity contribution in [3.8, 4) is 5.75 Å². The van der Waals surface area contributed by atoms with Crippen molar-refractivity contribution in [1.29, 1.82) is 0 Å². The van der Waals surface area contributed by atoms with E-state index in [1.807, 2.05) is 0 Å². The van der Waals surface area contributed by atoms with Gasteiger partial charge in [0, 0.05) is 11.6 Å². The van der Waals surface area contributed by atoms with Crippen molar-refractivity contribution in [2.75, 3.05) is 7.11 Å². The van der Waals surface area contributed by atoms with E-state index >= 15 is 0 Å². The fourth-order valence-electron chi connectivity index (χ4n) is 1.12. The van der Waals surface area contributed by atoms with E-state index in [-0.39, 0.29) is 0 Å². The molecule has 0 spiro atoms. The van der Waals surface area contributed by atoms with Gasteiger partial charge in [0.1, 0.15) is 11.9 Å². The maximum atomic E-state index is 13.2. The number of hydrogen-bond acceptors (Lipinski definition) is 2. The van der Waals surface area contributed by atoms with Gasteiger partial charge in [-0.2, -0.15) is 13.2 Å². The van der Waals surface area contributed by atoms with Crippen LogP contribution in [0.3, 0.4) is 0 Å². The number of halogens is 5. The molecule has 0 aromatic heterocycles. The summed E-state index contributed by atoms with van der Waals surface area (Å²) in [6, 6.07) is -1.66. The first-order chi connectivity index (χ1) is 7.27. The summed E-state index contributed by atoms with van der Waals surface area (Å²) in [5, 5.41) is 0. The Morgan fingerprint density at radius 3 is 2.19 bits per heavy atom. The van der Waals surface area contributed by atoms with E-state index in [4.69, 9.17) is 5.73 Å². The van der Waals surface area contributed by atoms with Crippen LogP contribution in [0.5, 0.6) is 5.75 Å². The molecule has 0 saturated carbocycles. The molecular weight excluding hydrogens is 233 g/mol. The summed E-state index contributed by atoms with van der Waals surface area (Å²) in [6.45, 7) is 0. The molecule has 0 heterocycles. The third-order valence-corrected chi connectivity index (χ3v) is 1.96. The van der Waals surface area contributed by atoms with E-state index < -0.39 is 35.2 Å². The second kappa shape index (κ2) is 4.25. The lowest BCUT2D eigenvalue weighted by molar-refractivity contribution is -0.149. The van der Waals surface area contributed by atoms with Crippen molar-refractivity contribution in [2.45, 2.75) is 12.2 Å². The highest BCUT2D eigenvalue weighted by atomic mass is 19.4. The first-order valence-electron chi connectivity index (χ1n) is 4.12. The third-order valence-electron chi connectivity index (χ3n) is 1.96. The highest BCUT2D eigenvalue weighted by Crippen LogP contribution is 2.33. The lowest BCUT2D eigenvalue weighted by Crippen LogP contribution is -2.29. The largest absolute Gasteiger partial charge is 0.494 e. The molecule has 2 N–H and O–H groups in total. The molecule has 7 heteroatoms. The van der Waals surface area contributed by atoms with E-state index in [2.05, 4.69) is 4.74 Å². The summed E-state index contributed by atoms with van der Waals surface area (Å²) in [7, 11) is 1.07. The van der Waals surface area contributed by atoms with Crippen LogP contribution in [0.15, 0.2) is 12.1 Å². The van der Waals surface area contributed by atoms with Gasteiger partial charge >= 0.3 is 6.18 Å². The van der Waals surface area contributed by atoms with Gasteiger partial charge in [-0.15, -0.1) is 0 Å². The van der Waals surface area contributed by atoms with Crippen LogP contribution in [-0.2, 0) is 0 Å². The topological polar surface area (TPSA) is 35.2 Å². The Labute approximate surface area is 87.8 Å². The molecule has 1 aromatic rings. The highest BCUT2D eigenvalue weighted by molar-refractivity contribution is 5.33. The summed E-state index contributed by atoms with van der Waals surface area (Å²) < 4.78 is 67.2. The smallest absolute Gasteiger partial charge is 0.407 e. The van der Waals surface area contributed by atoms with E-state index in [9.17, 15) is 22.0 Å². The molecule has 2 nitrogen and oxygen atoms in total. The van der Waals surface area contributed by atoms with Crippen LogP contribution in [0.2, 0.25) is 0 Å². The lowest BCUT2D eigenvalue weighted by atomic mass is 10.1. The molecule has 0 aliphatic rings. The number of rotatable bonds is 2. The van der Waals surface area contributed by atoms with Crippen LogP contribution < -0.4 is 10.5 Å². The van der Waals surface area contributed by atoms with E-state index in [0.29, 0.717) is 12.1 Å².